The van der Waals surface area contributed by atoms with Gasteiger partial charge in [-0.2, -0.15) is 0 Å². The SMILES string of the molecule is CCN(C=CCNc1cnc2ccccc2n1)CC. The number of fused-ring (bicyclic) bond motifs is 1. The van der Waals surface area contributed by atoms with Crippen molar-refractivity contribution in [2.24, 2.45) is 0 Å². The molecule has 0 atom stereocenters. The van der Waals surface area contributed by atoms with E-state index >= 15 is 0 Å². The minimum Gasteiger partial charge on any atom is -0.378 e. The number of anilines is 1. The van der Waals surface area contributed by atoms with Gasteiger partial charge < -0.3 is 10.2 Å². The van der Waals surface area contributed by atoms with E-state index in [1.165, 1.54) is 0 Å². The number of nitrogens with zero attached hydrogens (tertiary/aromatic N) is 3. The van der Waals surface area contributed by atoms with E-state index in [0.29, 0.717) is 0 Å². The number of para-hydroxylation sites is 2. The molecule has 0 saturated carbocycles. The standard InChI is InChI=1S/C15H20N4/c1-3-19(4-2)11-7-10-16-15-12-17-13-8-5-6-9-14(13)18-15/h5-9,11-12H,3-4,10H2,1-2H3,(H,16,18). The van der Waals surface area contributed by atoms with E-state index in [4.69, 9.17) is 0 Å². The zero-order valence-electron chi connectivity index (χ0n) is 11.5. The maximum absolute atomic E-state index is 4.51. The molecule has 4 heteroatoms. The predicted molar refractivity (Wildman–Crippen MR) is 80.1 cm³/mol. The average molecular weight is 256 g/mol. The van der Waals surface area contributed by atoms with E-state index in [1.54, 1.807) is 6.20 Å². The second kappa shape index (κ2) is 6.73. The van der Waals surface area contributed by atoms with Gasteiger partial charge in [-0.05, 0) is 38.3 Å². The summed E-state index contributed by atoms with van der Waals surface area (Å²) < 4.78 is 0. The Labute approximate surface area is 114 Å². The number of hydrogen-bond donors (Lipinski definition) is 1. The van der Waals surface area contributed by atoms with E-state index in [0.717, 1.165) is 36.5 Å². The average Bonchev–Trinajstić information content (AvgIpc) is 2.47. The predicted octanol–water partition coefficient (Wildman–Crippen LogP) is 2.90. The van der Waals surface area contributed by atoms with Gasteiger partial charge in [-0.15, -0.1) is 0 Å². The molecule has 1 N–H and O–H groups in total. The Kier molecular flexibility index (Phi) is 4.72. The Balaban J connectivity index is 1.94. The molecule has 0 spiro atoms. The third-order valence-corrected chi connectivity index (χ3v) is 2.98. The Morgan fingerprint density at radius 2 is 1.89 bits per heavy atom. The molecule has 19 heavy (non-hydrogen) atoms. The molecule has 0 aliphatic rings. The van der Waals surface area contributed by atoms with Crippen molar-refractivity contribution in [1.82, 2.24) is 14.9 Å². The second-order valence-electron chi connectivity index (χ2n) is 4.23. The molecule has 100 valence electrons. The molecule has 0 amide bonds. The normalized spacial score (nSPS) is 11.1. The third-order valence-electron chi connectivity index (χ3n) is 2.98. The number of aromatic nitrogens is 2. The lowest BCUT2D eigenvalue weighted by Gasteiger charge is -2.14. The van der Waals surface area contributed by atoms with Crippen LogP contribution in [-0.2, 0) is 0 Å². The van der Waals surface area contributed by atoms with Crippen molar-refractivity contribution in [3.63, 3.8) is 0 Å². The van der Waals surface area contributed by atoms with E-state index < -0.39 is 0 Å². The van der Waals surface area contributed by atoms with Gasteiger partial charge in [0.25, 0.3) is 0 Å². The van der Waals surface area contributed by atoms with E-state index in [9.17, 15) is 0 Å². The molecule has 2 aromatic rings. The van der Waals surface area contributed by atoms with Gasteiger partial charge in [0.2, 0.25) is 0 Å². The fraction of sp³-hybridized carbons (Fsp3) is 0.333. The van der Waals surface area contributed by atoms with Gasteiger partial charge in [-0.1, -0.05) is 12.1 Å². The van der Waals surface area contributed by atoms with Crippen LogP contribution in [0.4, 0.5) is 5.82 Å². The fourth-order valence-corrected chi connectivity index (χ4v) is 1.84. The summed E-state index contributed by atoms with van der Waals surface area (Å²) in [6, 6.07) is 7.88. The monoisotopic (exact) mass is 256 g/mol. The Hall–Kier alpha value is -2.10. The smallest absolute Gasteiger partial charge is 0.145 e. The summed E-state index contributed by atoms with van der Waals surface area (Å²) in [7, 11) is 0. The van der Waals surface area contributed by atoms with Gasteiger partial charge in [0.15, 0.2) is 0 Å². The highest BCUT2D eigenvalue weighted by atomic mass is 15.1. The molecule has 0 aliphatic carbocycles. The molecular weight excluding hydrogens is 236 g/mol. The lowest BCUT2D eigenvalue weighted by atomic mass is 10.3. The Morgan fingerprint density at radius 1 is 1.16 bits per heavy atom. The van der Waals surface area contributed by atoms with Crippen LogP contribution in [0.5, 0.6) is 0 Å². The molecule has 0 unspecified atom stereocenters. The quantitative estimate of drug-likeness (QED) is 0.863. The van der Waals surface area contributed by atoms with Crippen molar-refractivity contribution in [3.8, 4) is 0 Å². The molecule has 0 saturated heterocycles. The maximum atomic E-state index is 4.51. The molecule has 4 nitrogen and oxygen atoms in total. The van der Waals surface area contributed by atoms with Crippen LogP contribution in [0, 0.1) is 0 Å². The second-order valence-corrected chi connectivity index (χ2v) is 4.23. The maximum Gasteiger partial charge on any atom is 0.145 e. The molecule has 0 radical (unpaired) electrons. The number of benzene rings is 1. The molecule has 2 rings (SSSR count). The lowest BCUT2D eigenvalue weighted by molar-refractivity contribution is 0.418. The molecule has 0 bridgehead atoms. The zero-order valence-corrected chi connectivity index (χ0v) is 11.5. The van der Waals surface area contributed by atoms with Crippen LogP contribution >= 0.6 is 0 Å². The zero-order chi connectivity index (χ0) is 13.5. The van der Waals surface area contributed by atoms with Crippen LogP contribution in [0.2, 0.25) is 0 Å². The van der Waals surface area contributed by atoms with Crippen LogP contribution in [-0.4, -0.2) is 34.5 Å². The summed E-state index contributed by atoms with van der Waals surface area (Å²) in [6.07, 6.45) is 5.99. The molecule has 1 aromatic heterocycles. The number of hydrogen-bond acceptors (Lipinski definition) is 4. The van der Waals surface area contributed by atoms with Crippen LogP contribution in [0.25, 0.3) is 11.0 Å². The topological polar surface area (TPSA) is 41.0 Å². The van der Waals surface area contributed by atoms with Crippen molar-refractivity contribution in [1.29, 1.82) is 0 Å². The van der Waals surface area contributed by atoms with Crippen LogP contribution in [0.15, 0.2) is 42.7 Å². The lowest BCUT2D eigenvalue weighted by Crippen LogP contribution is -2.15. The molecule has 0 fully saturated rings. The van der Waals surface area contributed by atoms with Crippen LogP contribution in [0.1, 0.15) is 13.8 Å². The molecule has 1 heterocycles. The highest BCUT2D eigenvalue weighted by Crippen LogP contribution is 2.10. The summed E-state index contributed by atoms with van der Waals surface area (Å²) >= 11 is 0. The summed E-state index contributed by atoms with van der Waals surface area (Å²) in [5, 5.41) is 3.25. The summed E-state index contributed by atoms with van der Waals surface area (Å²) in [5.74, 6) is 0.808. The van der Waals surface area contributed by atoms with Gasteiger partial charge in [-0.25, -0.2) is 4.98 Å². The first-order valence-electron chi connectivity index (χ1n) is 6.70. The van der Waals surface area contributed by atoms with Crippen molar-refractivity contribution in [2.75, 3.05) is 25.0 Å². The highest BCUT2D eigenvalue weighted by molar-refractivity contribution is 5.75. The van der Waals surface area contributed by atoms with E-state index in [1.807, 2.05) is 24.3 Å². The van der Waals surface area contributed by atoms with Gasteiger partial charge in [0.1, 0.15) is 5.82 Å². The number of nitrogens with one attached hydrogen (secondary N) is 1. The molecule has 1 aromatic carbocycles. The van der Waals surface area contributed by atoms with Crippen LogP contribution < -0.4 is 5.32 Å². The van der Waals surface area contributed by atoms with Gasteiger partial charge >= 0.3 is 0 Å². The van der Waals surface area contributed by atoms with Gasteiger partial charge in [0.05, 0.1) is 17.2 Å². The van der Waals surface area contributed by atoms with Crippen molar-refractivity contribution >= 4 is 16.9 Å². The summed E-state index contributed by atoms with van der Waals surface area (Å²) in [6.45, 7) is 7.11. The Morgan fingerprint density at radius 3 is 2.63 bits per heavy atom. The first-order chi connectivity index (χ1) is 9.33. The van der Waals surface area contributed by atoms with Crippen molar-refractivity contribution in [3.05, 3.63) is 42.7 Å². The summed E-state index contributed by atoms with van der Waals surface area (Å²) in [5.41, 5.74) is 1.84. The largest absolute Gasteiger partial charge is 0.378 e. The first-order valence-corrected chi connectivity index (χ1v) is 6.70. The first kappa shape index (κ1) is 13.3. The minimum absolute atomic E-state index is 0.753. The molecule has 0 aliphatic heterocycles. The highest BCUT2D eigenvalue weighted by Gasteiger charge is 1.97. The summed E-state index contributed by atoms with van der Waals surface area (Å²) in [4.78, 5) is 11.1. The van der Waals surface area contributed by atoms with Crippen molar-refractivity contribution < 1.29 is 0 Å². The Bertz CT molecular complexity index is 547. The fourth-order valence-electron chi connectivity index (χ4n) is 1.84. The van der Waals surface area contributed by atoms with Gasteiger partial charge in [0, 0.05) is 19.6 Å². The third kappa shape index (κ3) is 3.68. The van der Waals surface area contributed by atoms with Gasteiger partial charge in [-0.3, -0.25) is 4.98 Å². The molecular formula is C15H20N4. The van der Waals surface area contributed by atoms with Crippen LogP contribution in [0.3, 0.4) is 0 Å². The number of rotatable bonds is 6. The van der Waals surface area contributed by atoms with E-state index in [-0.39, 0.29) is 0 Å². The minimum atomic E-state index is 0.753. The van der Waals surface area contributed by atoms with Crippen molar-refractivity contribution in [2.45, 2.75) is 13.8 Å². The van der Waals surface area contributed by atoms with E-state index in [2.05, 4.69) is 46.3 Å².